The first-order chi connectivity index (χ1) is 14.7. The van der Waals surface area contributed by atoms with Gasteiger partial charge in [0, 0.05) is 19.1 Å². The SMILES string of the molecule is COc1ccc(CC(=O)NC2CCN(S(=O)(=O)c3cc(C)ccc3C)CC2)cc1OC. The van der Waals surface area contributed by atoms with Gasteiger partial charge in [0.05, 0.1) is 25.5 Å². The lowest BCUT2D eigenvalue weighted by Gasteiger charge is -2.32. The molecule has 0 aromatic heterocycles. The van der Waals surface area contributed by atoms with Gasteiger partial charge in [-0.3, -0.25) is 4.79 Å². The normalized spacial score (nSPS) is 15.5. The quantitative estimate of drug-likeness (QED) is 0.707. The summed E-state index contributed by atoms with van der Waals surface area (Å²) in [6, 6.07) is 10.8. The van der Waals surface area contributed by atoms with Crippen LogP contribution in [0.4, 0.5) is 0 Å². The highest BCUT2D eigenvalue weighted by Crippen LogP contribution is 2.28. The molecule has 0 aliphatic carbocycles. The molecule has 1 heterocycles. The maximum Gasteiger partial charge on any atom is 0.243 e. The van der Waals surface area contributed by atoms with Gasteiger partial charge in [-0.1, -0.05) is 18.2 Å². The van der Waals surface area contributed by atoms with Gasteiger partial charge in [0.2, 0.25) is 15.9 Å². The predicted octanol–water partition coefficient (Wildman–Crippen LogP) is 2.83. The summed E-state index contributed by atoms with van der Waals surface area (Å²) in [5.41, 5.74) is 2.49. The first kappa shape index (κ1) is 23.1. The topological polar surface area (TPSA) is 84.9 Å². The summed E-state index contributed by atoms with van der Waals surface area (Å²) in [6.07, 6.45) is 1.39. The molecule has 0 saturated carbocycles. The number of nitrogens with zero attached hydrogens (tertiary/aromatic N) is 1. The molecule has 0 spiro atoms. The predicted molar refractivity (Wildman–Crippen MR) is 119 cm³/mol. The van der Waals surface area contributed by atoms with Crippen LogP contribution in [0.15, 0.2) is 41.3 Å². The van der Waals surface area contributed by atoms with Crippen LogP contribution >= 0.6 is 0 Å². The van der Waals surface area contributed by atoms with Gasteiger partial charge in [0.1, 0.15) is 0 Å². The lowest BCUT2D eigenvalue weighted by atomic mass is 10.1. The number of benzene rings is 2. The number of sulfonamides is 1. The van der Waals surface area contributed by atoms with Gasteiger partial charge in [-0.15, -0.1) is 0 Å². The van der Waals surface area contributed by atoms with Crippen LogP contribution in [0.5, 0.6) is 11.5 Å². The maximum absolute atomic E-state index is 13.1. The molecule has 2 aromatic rings. The third-order valence-corrected chi connectivity index (χ3v) is 7.63. The molecule has 0 radical (unpaired) electrons. The number of nitrogens with one attached hydrogen (secondary N) is 1. The summed E-state index contributed by atoms with van der Waals surface area (Å²) < 4.78 is 38.1. The molecule has 1 saturated heterocycles. The number of amides is 1. The minimum atomic E-state index is -3.54. The smallest absolute Gasteiger partial charge is 0.243 e. The Labute approximate surface area is 184 Å². The van der Waals surface area contributed by atoms with Gasteiger partial charge in [-0.05, 0) is 61.6 Å². The molecule has 2 aromatic carbocycles. The van der Waals surface area contributed by atoms with Crippen LogP contribution in [-0.2, 0) is 21.2 Å². The molecule has 0 bridgehead atoms. The van der Waals surface area contributed by atoms with Crippen molar-refractivity contribution in [3.8, 4) is 11.5 Å². The molecule has 8 heteroatoms. The average molecular weight is 447 g/mol. The number of aryl methyl sites for hydroxylation is 2. The van der Waals surface area contributed by atoms with Gasteiger partial charge in [-0.25, -0.2) is 8.42 Å². The first-order valence-corrected chi connectivity index (χ1v) is 11.8. The third kappa shape index (κ3) is 5.37. The van der Waals surface area contributed by atoms with Gasteiger partial charge in [-0.2, -0.15) is 4.31 Å². The Morgan fingerprint density at radius 1 is 1.03 bits per heavy atom. The zero-order valence-electron chi connectivity index (χ0n) is 18.5. The Morgan fingerprint density at radius 3 is 2.35 bits per heavy atom. The van der Waals surface area contributed by atoms with E-state index in [1.165, 1.54) is 4.31 Å². The van der Waals surface area contributed by atoms with E-state index >= 15 is 0 Å². The van der Waals surface area contributed by atoms with Crippen LogP contribution in [0.1, 0.15) is 29.5 Å². The number of carbonyl (C=O) groups is 1. The molecule has 1 amide bonds. The van der Waals surface area contributed by atoms with Crippen LogP contribution < -0.4 is 14.8 Å². The van der Waals surface area contributed by atoms with E-state index in [2.05, 4.69) is 5.32 Å². The Hall–Kier alpha value is -2.58. The van der Waals surface area contributed by atoms with E-state index in [9.17, 15) is 13.2 Å². The zero-order chi connectivity index (χ0) is 22.6. The van der Waals surface area contributed by atoms with Crippen molar-refractivity contribution in [1.82, 2.24) is 9.62 Å². The molecule has 168 valence electrons. The van der Waals surface area contributed by atoms with Crippen molar-refractivity contribution in [3.63, 3.8) is 0 Å². The second kappa shape index (κ2) is 9.70. The van der Waals surface area contributed by atoms with Crippen molar-refractivity contribution < 1.29 is 22.7 Å². The molecular weight excluding hydrogens is 416 g/mol. The second-order valence-corrected chi connectivity index (χ2v) is 9.79. The zero-order valence-corrected chi connectivity index (χ0v) is 19.3. The highest BCUT2D eigenvalue weighted by atomic mass is 32.2. The van der Waals surface area contributed by atoms with Gasteiger partial charge in [0.25, 0.3) is 0 Å². The number of methoxy groups -OCH3 is 2. The van der Waals surface area contributed by atoms with Crippen LogP contribution in [-0.4, -0.2) is 52.0 Å². The van der Waals surface area contributed by atoms with E-state index in [-0.39, 0.29) is 18.4 Å². The number of ether oxygens (including phenoxy) is 2. The first-order valence-electron chi connectivity index (χ1n) is 10.3. The molecule has 1 aliphatic heterocycles. The van der Waals surface area contributed by atoms with E-state index in [0.29, 0.717) is 42.3 Å². The van der Waals surface area contributed by atoms with Crippen LogP contribution in [0.25, 0.3) is 0 Å². The fraction of sp³-hybridized carbons (Fsp3) is 0.435. The van der Waals surface area contributed by atoms with E-state index in [1.807, 2.05) is 32.0 Å². The summed E-state index contributed by atoms with van der Waals surface area (Å²) >= 11 is 0. The molecule has 0 unspecified atom stereocenters. The molecule has 0 atom stereocenters. The lowest BCUT2D eigenvalue weighted by Crippen LogP contribution is -2.46. The summed E-state index contributed by atoms with van der Waals surface area (Å²) in [4.78, 5) is 12.9. The fourth-order valence-electron chi connectivity index (χ4n) is 3.82. The van der Waals surface area contributed by atoms with E-state index in [0.717, 1.165) is 16.7 Å². The van der Waals surface area contributed by atoms with Crippen molar-refractivity contribution in [2.24, 2.45) is 0 Å². The monoisotopic (exact) mass is 446 g/mol. The minimum absolute atomic E-state index is 0.0438. The van der Waals surface area contributed by atoms with E-state index in [1.54, 1.807) is 32.4 Å². The molecule has 3 rings (SSSR count). The number of piperidine rings is 1. The van der Waals surface area contributed by atoms with Crippen molar-refractivity contribution >= 4 is 15.9 Å². The van der Waals surface area contributed by atoms with Crippen molar-refractivity contribution in [2.45, 2.75) is 44.0 Å². The largest absolute Gasteiger partial charge is 0.493 e. The lowest BCUT2D eigenvalue weighted by molar-refractivity contribution is -0.121. The summed E-state index contributed by atoms with van der Waals surface area (Å²) in [5, 5.41) is 3.03. The number of hydrogen-bond donors (Lipinski definition) is 1. The summed E-state index contributed by atoms with van der Waals surface area (Å²) in [5.74, 6) is 1.10. The number of rotatable bonds is 7. The molecule has 7 nitrogen and oxygen atoms in total. The molecular formula is C23H30N2O5S. The van der Waals surface area contributed by atoms with Crippen molar-refractivity contribution in [3.05, 3.63) is 53.1 Å². The van der Waals surface area contributed by atoms with Crippen LogP contribution in [0.2, 0.25) is 0 Å². The van der Waals surface area contributed by atoms with Gasteiger partial charge in [0.15, 0.2) is 11.5 Å². The van der Waals surface area contributed by atoms with Crippen LogP contribution in [0.3, 0.4) is 0 Å². The summed E-state index contributed by atoms with van der Waals surface area (Å²) in [7, 11) is -0.411. The number of carbonyl (C=O) groups excluding carboxylic acids is 1. The van der Waals surface area contributed by atoms with Crippen molar-refractivity contribution in [1.29, 1.82) is 0 Å². The molecule has 1 aliphatic rings. The second-order valence-electron chi connectivity index (χ2n) is 7.88. The Bertz CT molecular complexity index is 1040. The van der Waals surface area contributed by atoms with E-state index < -0.39 is 10.0 Å². The number of hydrogen-bond acceptors (Lipinski definition) is 5. The van der Waals surface area contributed by atoms with Crippen LogP contribution in [0, 0.1) is 13.8 Å². The maximum atomic E-state index is 13.1. The molecule has 1 N–H and O–H groups in total. The Morgan fingerprint density at radius 2 is 1.71 bits per heavy atom. The molecule has 31 heavy (non-hydrogen) atoms. The molecule has 1 fully saturated rings. The minimum Gasteiger partial charge on any atom is -0.493 e. The average Bonchev–Trinajstić information content (AvgIpc) is 2.75. The fourth-order valence-corrected chi connectivity index (χ4v) is 5.60. The highest BCUT2D eigenvalue weighted by molar-refractivity contribution is 7.89. The third-order valence-electron chi connectivity index (χ3n) is 5.59. The standard InChI is InChI=1S/C23H30N2O5S/c1-16-5-6-17(2)22(13-16)31(27,28)25-11-9-19(10-12-25)24-23(26)15-18-7-8-20(29-3)21(14-18)30-4/h5-8,13-14,19H,9-12,15H2,1-4H3,(H,24,26). The highest BCUT2D eigenvalue weighted by Gasteiger charge is 2.31. The summed E-state index contributed by atoms with van der Waals surface area (Å²) in [6.45, 7) is 4.47. The Kier molecular flexibility index (Phi) is 7.23. The van der Waals surface area contributed by atoms with E-state index in [4.69, 9.17) is 9.47 Å². The van der Waals surface area contributed by atoms with Gasteiger partial charge >= 0.3 is 0 Å². The van der Waals surface area contributed by atoms with Gasteiger partial charge < -0.3 is 14.8 Å². The van der Waals surface area contributed by atoms with Crippen molar-refractivity contribution in [2.75, 3.05) is 27.3 Å². The Balaban J connectivity index is 1.57.